The molecule has 2 unspecified atom stereocenters. The second-order valence-corrected chi connectivity index (χ2v) is 5.93. The number of hydrogen-bond donors (Lipinski definition) is 2. The first kappa shape index (κ1) is 11.7. The van der Waals surface area contributed by atoms with Gasteiger partial charge in [0, 0.05) is 17.0 Å². The second-order valence-electron chi connectivity index (χ2n) is 4.49. The Balaban J connectivity index is 2.44. The predicted molar refractivity (Wildman–Crippen MR) is 68.4 cm³/mol. The second kappa shape index (κ2) is 4.26. The van der Waals surface area contributed by atoms with E-state index in [4.69, 9.17) is 5.73 Å². The molecular weight excluding hydrogens is 220 g/mol. The molecule has 2 atom stereocenters. The Labute approximate surface area is 100 Å². The fourth-order valence-corrected chi connectivity index (χ4v) is 3.41. The molecule has 1 saturated heterocycles. The Morgan fingerprint density at radius 1 is 1.62 bits per heavy atom. The average Bonchev–Trinajstić information content (AvgIpc) is 2.26. The van der Waals surface area contributed by atoms with E-state index in [1.807, 2.05) is 13.0 Å². The zero-order valence-corrected chi connectivity index (χ0v) is 10.5. The number of anilines is 1. The molecular formula is C12H18N2OS. The topological polar surface area (TPSA) is 59.1 Å². The molecule has 0 radical (unpaired) electrons. The minimum absolute atomic E-state index is 0.173. The van der Waals surface area contributed by atoms with E-state index in [9.17, 15) is 5.11 Å². The van der Waals surface area contributed by atoms with E-state index in [1.165, 1.54) is 0 Å². The molecule has 3 nitrogen and oxygen atoms in total. The van der Waals surface area contributed by atoms with Crippen molar-refractivity contribution in [3.8, 4) is 0 Å². The molecule has 0 amide bonds. The molecule has 1 aliphatic heterocycles. The fourth-order valence-electron chi connectivity index (χ4n) is 2.22. The van der Waals surface area contributed by atoms with Crippen molar-refractivity contribution in [1.29, 1.82) is 0 Å². The lowest BCUT2D eigenvalue weighted by Gasteiger charge is -2.38. The number of aliphatic hydroxyl groups is 1. The number of pyridine rings is 1. The largest absolute Gasteiger partial charge is 0.384 e. The van der Waals surface area contributed by atoms with Gasteiger partial charge in [-0.05, 0) is 37.1 Å². The number of hydrogen-bond acceptors (Lipinski definition) is 4. The molecule has 3 N–H and O–H groups in total. The van der Waals surface area contributed by atoms with Crippen LogP contribution in [0.3, 0.4) is 0 Å². The van der Waals surface area contributed by atoms with Crippen LogP contribution in [0.15, 0.2) is 12.3 Å². The van der Waals surface area contributed by atoms with Gasteiger partial charge in [-0.3, -0.25) is 0 Å². The van der Waals surface area contributed by atoms with Crippen LogP contribution in [0, 0.1) is 6.92 Å². The smallest absolute Gasteiger partial charge is 0.129 e. The molecule has 16 heavy (non-hydrogen) atoms. The van der Waals surface area contributed by atoms with Gasteiger partial charge >= 0.3 is 0 Å². The molecule has 88 valence electrons. The Morgan fingerprint density at radius 3 is 3.06 bits per heavy atom. The van der Waals surface area contributed by atoms with Crippen molar-refractivity contribution in [2.45, 2.75) is 37.5 Å². The van der Waals surface area contributed by atoms with Crippen molar-refractivity contribution in [2.75, 3.05) is 11.5 Å². The van der Waals surface area contributed by atoms with Gasteiger partial charge in [0.15, 0.2) is 0 Å². The van der Waals surface area contributed by atoms with Crippen molar-refractivity contribution in [3.05, 3.63) is 23.4 Å². The summed E-state index contributed by atoms with van der Waals surface area (Å²) in [5.41, 5.74) is 6.91. The third-order valence-corrected chi connectivity index (χ3v) is 4.68. The van der Waals surface area contributed by atoms with Gasteiger partial charge in [0.2, 0.25) is 0 Å². The van der Waals surface area contributed by atoms with Gasteiger partial charge in [0.1, 0.15) is 11.4 Å². The highest BCUT2D eigenvalue weighted by Gasteiger charge is 2.40. The van der Waals surface area contributed by atoms with E-state index in [2.05, 4.69) is 11.9 Å². The summed E-state index contributed by atoms with van der Waals surface area (Å²) in [5, 5.41) is 10.9. The third-order valence-electron chi connectivity index (χ3n) is 3.26. The van der Waals surface area contributed by atoms with Crippen molar-refractivity contribution in [1.82, 2.24) is 4.98 Å². The van der Waals surface area contributed by atoms with Crippen LogP contribution in [0.4, 0.5) is 5.82 Å². The lowest BCUT2D eigenvalue weighted by Crippen LogP contribution is -2.39. The molecule has 0 bridgehead atoms. The van der Waals surface area contributed by atoms with Gasteiger partial charge < -0.3 is 10.8 Å². The number of rotatable bonds is 1. The molecule has 2 heterocycles. The molecule has 1 aliphatic rings. The average molecular weight is 238 g/mol. The summed E-state index contributed by atoms with van der Waals surface area (Å²) in [6, 6.07) is 1.96. The molecule has 0 spiro atoms. The summed E-state index contributed by atoms with van der Waals surface area (Å²) in [4.78, 5) is 4.14. The molecule has 1 aromatic heterocycles. The zero-order valence-electron chi connectivity index (χ0n) is 9.73. The first-order valence-corrected chi connectivity index (χ1v) is 6.65. The van der Waals surface area contributed by atoms with Crippen molar-refractivity contribution >= 4 is 17.6 Å². The van der Waals surface area contributed by atoms with E-state index >= 15 is 0 Å². The first-order chi connectivity index (χ1) is 7.54. The molecule has 2 rings (SSSR count). The summed E-state index contributed by atoms with van der Waals surface area (Å²) in [6.45, 7) is 4.03. The van der Waals surface area contributed by atoms with Crippen molar-refractivity contribution in [2.24, 2.45) is 0 Å². The minimum Gasteiger partial charge on any atom is -0.384 e. The quantitative estimate of drug-likeness (QED) is 0.786. The van der Waals surface area contributed by atoms with Crippen LogP contribution < -0.4 is 5.73 Å². The summed E-state index contributed by atoms with van der Waals surface area (Å²) in [7, 11) is 0. The Hall–Kier alpha value is -0.740. The highest BCUT2D eigenvalue weighted by molar-refractivity contribution is 8.00. The highest BCUT2D eigenvalue weighted by Crippen LogP contribution is 2.42. The molecule has 1 aromatic rings. The molecule has 4 heteroatoms. The maximum atomic E-state index is 10.8. The lowest BCUT2D eigenvalue weighted by atomic mass is 9.86. The number of aryl methyl sites for hydroxylation is 1. The Kier molecular flexibility index (Phi) is 3.13. The van der Waals surface area contributed by atoms with Gasteiger partial charge in [-0.15, -0.1) is 0 Å². The fraction of sp³-hybridized carbons (Fsp3) is 0.583. The maximum Gasteiger partial charge on any atom is 0.129 e. The SMILES string of the molecule is Cc1cnc(N)c(C2(O)CCCSC2C)c1. The number of aromatic nitrogens is 1. The van der Waals surface area contributed by atoms with Gasteiger partial charge in [0.05, 0.1) is 0 Å². The van der Waals surface area contributed by atoms with E-state index in [0.29, 0.717) is 5.82 Å². The van der Waals surface area contributed by atoms with E-state index in [-0.39, 0.29) is 5.25 Å². The van der Waals surface area contributed by atoms with E-state index < -0.39 is 5.60 Å². The standard InChI is InChI=1S/C12H18N2OS/c1-8-6-10(11(13)14-7-8)12(15)4-3-5-16-9(12)2/h6-7,9,15H,3-5H2,1-2H3,(H2,13,14). The van der Waals surface area contributed by atoms with Crippen LogP contribution in [0.25, 0.3) is 0 Å². The molecule has 1 fully saturated rings. The Bertz CT molecular complexity index is 397. The van der Waals surface area contributed by atoms with E-state index in [1.54, 1.807) is 18.0 Å². The summed E-state index contributed by atoms with van der Waals surface area (Å²) >= 11 is 1.80. The van der Waals surface area contributed by atoms with Crippen LogP contribution in [-0.2, 0) is 5.60 Å². The van der Waals surface area contributed by atoms with Crippen molar-refractivity contribution in [3.63, 3.8) is 0 Å². The molecule has 0 aliphatic carbocycles. The molecule has 0 saturated carbocycles. The van der Waals surface area contributed by atoms with Crippen LogP contribution in [-0.4, -0.2) is 21.1 Å². The number of nitrogens with zero attached hydrogens (tertiary/aromatic N) is 1. The van der Waals surface area contributed by atoms with Crippen molar-refractivity contribution < 1.29 is 5.11 Å². The number of thioether (sulfide) groups is 1. The van der Waals surface area contributed by atoms with Gasteiger partial charge in [-0.2, -0.15) is 11.8 Å². The van der Waals surface area contributed by atoms with Crippen LogP contribution in [0.5, 0.6) is 0 Å². The molecule has 0 aromatic carbocycles. The summed E-state index contributed by atoms with van der Waals surface area (Å²) < 4.78 is 0. The minimum atomic E-state index is -0.813. The predicted octanol–water partition coefficient (Wildman–Crippen LogP) is 2.08. The summed E-state index contributed by atoms with van der Waals surface area (Å²) in [6.07, 6.45) is 3.54. The van der Waals surface area contributed by atoms with Gasteiger partial charge in [-0.25, -0.2) is 4.98 Å². The van der Waals surface area contributed by atoms with E-state index in [0.717, 1.165) is 29.7 Å². The third kappa shape index (κ3) is 1.92. The summed E-state index contributed by atoms with van der Waals surface area (Å²) in [5.74, 6) is 1.57. The van der Waals surface area contributed by atoms with Gasteiger partial charge in [0.25, 0.3) is 0 Å². The highest BCUT2D eigenvalue weighted by atomic mass is 32.2. The first-order valence-electron chi connectivity index (χ1n) is 5.60. The normalized spacial score (nSPS) is 30.3. The van der Waals surface area contributed by atoms with Crippen LogP contribution in [0.2, 0.25) is 0 Å². The lowest BCUT2D eigenvalue weighted by molar-refractivity contribution is 0.0258. The number of nitrogen functional groups attached to an aromatic ring is 1. The van der Waals surface area contributed by atoms with Crippen LogP contribution in [0.1, 0.15) is 30.9 Å². The monoisotopic (exact) mass is 238 g/mol. The van der Waals surface area contributed by atoms with Crippen LogP contribution >= 0.6 is 11.8 Å². The van der Waals surface area contributed by atoms with Gasteiger partial charge in [-0.1, -0.05) is 6.92 Å². The maximum absolute atomic E-state index is 10.8. The Morgan fingerprint density at radius 2 is 2.38 bits per heavy atom. The number of nitrogens with two attached hydrogens (primary N) is 1. The zero-order chi connectivity index (χ0) is 11.8.